The standard InChI is InChI=1S/C10H11Br3O/c1-6(2)14-10-7(5-11)3-8(12)4-9(10)13/h3-4,6H,5H2,1-2H3. The molecule has 1 aromatic rings. The summed E-state index contributed by atoms with van der Waals surface area (Å²) < 4.78 is 7.76. The Labute approximate surface area is 110 Å². The third kappa shape index (κ3) is 3.24. The minimum Gasteiger partial charge on any atom is -0.490 e. The molecule has 14 heavy (non-hydrogen) atoms. The molecule has 0 aliphatic carbocycles. The molecule has 0 aliphatic rings. The zero-order valence-corrected chi connectivity index (χ0v) is 12.7. The summed E-state index contributed by atoms with van der Waals surface area (Å²) in [6, 6.07) is 4.04. The van der Waals surface area contributed by atoms with Crippen LogP contribution in [0.1, 0.15) is 19.4 Å². The normalized spacial score (nSPS) is 10.7. The highest BCUT2D eigenvalue weighted by Gasteiger charge is 2.10. The van der Waals surface area contributed by atoms with E-state index in [-0.39, 0.29) is 6.10 Å². The summed E-state index contributed by atoms with van der Waals surface area (Å²) in [6.45, 7) is 4.04. The lowest BCUT2D eigenvalue weighted by atomic mass is 10.2. The van der Waals surface area contributed by atoms with E-state index >= 15 is 0 Å². The van der Waals surface area contributed by atoms with Gasteiger partial charge in [-0.2, -0.15) is 0 Å². The first-order chi connectivity index (χ1) is 6.54. The van der Waals surface area contributed by atoms with Gasteiger partial charge in [0, 0.05) is 15.4 Å². The number of rotatable bonds is 3. The fraction of sp³-hybridized carbons (Fsp3) is 0.400. The second kappa shape index (κ2) is 5.52. The third-order valence-corrected chi connectivity index (χ3v) is 3.23. The van der Waals surface area contributed by atoms with Crippen LogP contribution in [0, 0.1) is 0 Å². The smallest absolute Gasteiger partial charge is 0.137 e. The minimum atomic E-state index is 0.185. The van der Waals surface area contributed by atoms with Gasteiger partial charge in [-0.1, -0.05) is 31.9 Å². The van der Waals surface area contributed by atoms with Gasteiger partial charge in [-0.3, -0.25) is 0 Å². The highest BCUT2D eigenvalue weighted by atomic mass is 79.9. The van der Waals surface area contributed by atoms with Gasteiger partial charge in [-0.25, -0.2) is 0 Å². The van der Waals surface area contributed by atoms with Crippen LogP contribution in [0.2, 0.25) is 0 Å². The van der Waals surface area contributed by atoms with E-state index in [1.807, 2.05) is 19.9 Å². The van der Waals surface area contributed by atoms with Gasteiger partial charge >= 0.3 is 0 Å². The van der Waals surface area contributed by atoms with E-state index in [0.29, 0.717) is 0 Å². The van der Waals surface area contributed by atoms with Crippen molar-refractivity contribution < 1.29 is 4.74 Å². The molecule has 1 aromatic carbocycles. The minimum absolute atomic E-state index is 0.185. The largest absolute Gasteiger partial charge is 0.490 e. The van der Waals surface area contributed by atoms with Crippen LogP contribution in [0.3, 0.4) is 0 Å². The molecule has 1 rings (SSSR count). The zero-order chi connectivity index (χ0) is 10.7. The molecular formula is C10H11Br3O. The molecule has 0 fully saturated rings. The van der Waals surface area contributed by atoms with E-state index in [4.69, 9.17) is 4.74 Å². The summed E-state index contributed by atoms with van der Waals surface area (Å²) in [4.78, 5) is 0. The Morgan fingerprint density at radius 1 is 1.29 bits per heavy atom. The van der Waals surface area contributed by atoms with E-state index in [9.17, 15) is 0 Å². The predicted octanol–water partition coefficient (Wildman–Crippen LogP) is 4.89. The maximum Gasteiger partial charge on any atom is 0.137 e. The molecule has 0 unspecified atom stereocenters. The van der Waals surface area contributed by atoms with Crippen molar-refractivity contribution in [1.29, 1.82) is 0 Å². The Hall–Kier alpha value is 0.460. The monoisotopic (exact) mass is 384 g/mol. The summed E-state index contributed by atoms with van der Waals surface area (Å²) in [5.41, 5.74) is 1.14. The molecule has 4 heteroatoms. The second-order valence-electron chi connectivity index (χ2n) is 3.18. The zero-order valence-electron chi connectivity index (χ0n) is 7.98. The fourth-order valence-corrected chi connectivity index (χ4v) is 2.90. The molecule has 1 nitrogen and oxygen atoms in total. The molecule has 0 aliphatic heterocycles. The number of hydrogen-bond acceptors (Lipinski definition) is 1. The average molecular weight is 387 g/mol. The van der Waals surface area contributed by atoms with Gasteiger partial charge in [0.2, 0.25) is 0 Å². The first kappa shape index (κ1) is 12.5. The Morgan fingerprint density at radius 3 is 2.43 bits per heavy atom. The van der Waals surface area contributed by atoms with Crippen LogP contribution in [0.25, 0.3) is 0 Å². The maximum absolute atomic E-state index is 5.72. The van der Waals surface area contributed by atoms with Crippen molar-refractivity contribution in [2.45, 2.75) is 25.3 Å². The highest BCUT2D eigenvalue weighted by molar-refractivity contribution is 9.11. The van der Waals surface area contributed by atoms with Gasteiger partial charge in [0.25, 0.3) is 0 Å². The average Bonchev–Trinajstić information content (AvgIpc) is 2.08. The van der Waals surface area contributed by atoms with Crippen LogP contribution < -0.4 is 4.74 Å². The van der Waals surface area contributed by atoms with Gasteiger partial charge < -0.3 is 4.74 Å². The van der Waals surface area contributed by atoms with Crippen LogP contribution in [-0.2, 0) is 5.33 Å². The molecule has 0 amide bonds. The van der Waals surface area contributed by atoms with Crippen molar-refractivity contribution in [3.8, 4) is 5.75 Å². The lowest BCUT2D eigenvalue weighted by Crippen LogP contribution is -2.07. The molecule has 0 spiro atoms. The van der Waals surface area contributed by atoms with Crippen LogP contribution in [0.15, 0.2) is 21.1 Å². The van der Waals surface area contributed by atoms with E-state index in [1.54, 1.807) is 0 Å². The molecule has 0 saturated carbocycles. The fourth-order valence-electron chi connectivity index (χ4n) is 1.08. The number of benzene rings is 1. The number of ether oxygens (including phenoxy) is 1. The number of hydrogen-bond donors (Lipinski definition) is 0. The van der Waals surface area contributed by atoms with Crippen LogP contribution >= 0.6 is 47.8 Å². The summed E-state index contributed by atoms with van der Waals surface area (Å²) >= 11 is 10.4. The topological polar surface area (TPSA) is 9.23 Å². The van der Waals surface area contributed by atoms with Gasteiger partial charge in [-0.05, 0) is 41.9 Å². The summed E-state index contributed by atoms with van der Waals surface area (Å²) in [6.07, 6.45) is 0.185. The Bertz CT molecular complexity index is 323. The highest BCUT2D eigenvalue weighted by Crippen LogP contribution is 2.34. The Morgan fingerprint density at radius 2 is 1.93 bits per heavy atom. The van der Waals surface area contributed by atoms with Crippen molar-refractivity contribution in [3.63, 3.8) is 0 Å². The van der Waals surface area contributed by atoms with Crippen LogP contribution in [0.5, 0.6) is 5.75 Å². The molecule has 0 aromatic heterocycles. The van der Waals surface area contributed by atoms with E-state index < -0.39 is 0 Å². The van der Waals surface area contributed by atoms with E-state index in [1.165, 1.54) is 0 Å². The first-order valence-corrected chi connectivity index (χ1v) is 6.96. The number of halogens is 3. The van der Waals surface area contributed by atoms with Gasteiger partial charge in [0.05, 0.1) is 10.6 Å². The predicted molar refractivity (Wildman–Crippen MR) is 70.2 cm³/mol. The van der Waals surface area contributed by atoms with Crippen molar-refractivity contribution in [2.75, 3.05) is 0 Å². The molecular weight excluding hydrogens is 376 g/mol. The molecule has 0 atom stereocenters. The maximum atomic E-state index is 5.72. The lowest BCUT2D eigenvalue weighted by molar-refractivity contribution is 0.239. The number of alkyl halides is 1. The van der Waals surface area contributed by atoms with Crippen molar-refractivity contribution in [3.05, 3.63) is 26.6 Å². The summed E-state index contributed by atoms with van der Waals surface area (Å²) in [5, 5.41) is 0.785. The van der Waals surface area contributed by atoms with Crippen molar-refractivity contribution in [2.24, 2.45) is 0 Å². The molecule has 0 saturated heterocycles. The van der Waals surface area contributed by atoms with Gasteiger partial charge in [0.1, 0.15) is 5.75 Å². The summed E-state index contributed by atoms with van der Waals surface area (Å²) in [7, 11) is 0. The first-order valence-electron chi connectivity index (χ1n) is 4.25. The molecule has 78 valence electrons. The molecule has 0 bridgehead atoms. The molecule has 0 N–H and O–H groups in total. The third-order valence-electron chi connectivity index (χ3n) is 1.58. The van der Waals surface area contributed by atoms with Gasteiger partial charge in [-0.15, -0.1) is 0 Å². The van der Waals surface area contributed by atoms with E-state index in [0.717, 1.165) is 25.6 Å². The molecule has 0 heterocycles. The molecule has 0 radical (unpaired) electrons. The van der Waals surface area contributed by atoms with Crippen molar-refractivity contribution >= 4 is 47.8 Å². The van der Waals surface area contributed by atoms with Gasteiger partial charge in [0.15, 0.2) is 0 Å². The SMILES string of the molecule is CC(C)Oc1c(Br)cc(Br)cc1CBr. The Kier molecular flexibility index (Phi) is 4.94. The van der Waals surface area contributed by atoms with E-state index in [2.05, 4.69) is 53.9 Å². The van der Waals surface area contributed by atoms with Crippen molar-refractivity contribution in [1.82, 2.24) is 0 Å². The lowest BCUT2D eigenvalue weighted by Gasteiger charge is -2.15. The Balaban J connectivity index is 3.11. The summed E-state index contributed by atoms with van der Waals surface area (Å²) in [5.74, 6) is 0.917. The second-order valence-corrected chi connectivity index (χ2v) is 5.51. The van der Waals surface area contributed by atoms with Crippen LogP contribution in [-0.4, -0.2) is 6.10 Å². The quantitative estimate of drug-likeness (QED) is 0.672. The van der Waals surface area contributed by atoms with Crippen LogP contribution in [0.4, 0.5) is 0 Å².